The van der Waals surface area contributed by atoms with E-state index < -0.39 is 5.54 Å². The molecule has 0 saturated carbocycles. The highest BCUT2D eigenvalue weighted by Crippen LogP contribution is 2.24. The Morgan fingerprint density at radius 3 is 2.52 bits per heavy atom. The topological polar surface area (TPSA) is 95.7 Å². The molecule has 1 aromatic rings. The van der Waals surface area contributed by atoms with Gasteiger partial charge in [-0.1, -0.05) is 24.3 Å². The van der Waals surface area contributed by atoms with Crippen LogP contribution in [0, 0.1) is 0 Å². The second-order valence-electron chi connectivity index (χ2n) is 7.23. The summed E-state index contributed by atoms with van der Waals surface area (Å²) in [5.41, 5.74) is 7.07. The van der Waals surface area contributed by atoms with Crippen LogP contribution in [-0.4, -0.2) is 52.3 Å². The average Bonchev–Trinajstić information content (AvgIpc) is 2.75. The largest absolute Gasteiger partial charge is 0.368 e. The zero-order valence-electron chi connectivity index (χ0n) is 14.6. The van der Waals surface area contributed by atoms with Crippen molar-refractivity contribution in [1.82, 2.24) is 15.1 Å². The predicted octanol–water partition coefficient (Wildman–Crippen LogP) is 0.619. The molecular weight excluding hydrogens is 320 g/mol. The van der Waals surface area contributed by atoms with Crippen molar-refractivity contribution >= 4 is 17.8 Å². The van der Waals surface area contributed by atoms with Gasteiger partial charge in [-0.05, 0) is 37.8 Å². The molecule has 1 saturated heterocycles. The Bertz CT molecular complexity index is 716. The molecule has 25 heavy (non-hydrogen) atoms. The Kier molecular flexibility index (Phi) is 4.51. The number of urea groups is 1. The fourth-order valence-corrected chi connectivity index (χ4v) is 3.55. The van der Waals surface area contributed by atoms with Crippen molar-refractivity contribution in [3.05, 3.63) is 35.4 Å². The van der Waals surface area contributed by atoms with Crippen LogP contribution in [0.2, 0.25) is 0 Å². The normalized spacial score (nSPS) is 22.6. The molecule has 0 radical (unpaired) electrons. The van der Waals surface area contributed by atoms with E-state index in [1.165, 1.54) is 10.5 Å². The van der Waals surface area contributed by atoms with Crippen LogP contribution in [0.4, 0.5) is 4.79 Å². The third-order valence-electron chi connectivity index (χ3n) is 4.95. The maximum Gasteiger partial charge on any atom is 0.325 e. The van der Waals surface area contributed by atoms with Gasteiger partial charge < -0.3 is 11.1 Å². The molecule has 7 heteroatoms. The van der Waals surface area contributed by atoms with Crippen LogP contribution in [0.15, 0.2) is 24.3 Å². The highest BCUT2D eigenvalue weighted by Gasteiger charge is 2.43. The van der Waals surface area contributed by atoms with Crippen molar-refractivity contribution in [3.8, 4) is 0 Å². The van der Waals surface area contributed by atoms with E-state index in [4.69, 9.17) is 5.73 Å². The molecule has 0 aliphatic carbocycles. The molecule has 3 N–H and O–H groups in total. The Morgan fingerprint density at radius 2 is 1.92 bits per heavy atom. The number of benzene rings is 1. The summed E-state index contributed by atoms with van der Waals surface area (Å²) in [6.07, 6.45) is 1.20. The van der Waals surface area contributed by atoms with Crippen LogP contribution < -0.4 is 11.1 Å². The summed E-state index contributed by atoms with van der Waals surface area (Å²) in [5.74, 6) is -0.557. The SMILES string of the molecule is CC1(C)NC(=O)N(CCCN2Cc3ccccc3C[C@H]2C(N)=O)C1=O. The Hall–Kier alpha value is -2.41. The van der Waals surface area contributed by atoms with Crippen molar-refractivity contribution in [2.24, 2.45) is 5.73 Å². The number of hydrogen-bond acceptors (Lipinski definition) is 4. The van der Waals surface area contributed by atoms with Gasteiger partial charge in [0, 0.05) is 19.6 Å². The van der Waals surface area contributed by atoms with E-state index in [2.05, 4.69) is 11.4 Å². The van der Waals surface area contributed by atoms with Gasteiger partial charge in [0.05, 0.1) is 6.04 Å². The third kappa shape index (κ3) is 3.37. The van der Waals surface area contributed by atoms with Crippen LogP contribution in [-0.2, 0) is 22.6 Å². The number of nitrogens with two attached hydrogens (primary N) is 1. The molecule has 2 heterocycles. The number of fused-ring (bicyclic) bond motifs is 1. The van der Waals surface area contributed by atoms with Gasteiger partial charge in [-0.3, -0.25) is 19.4 Å². The van der Waals surface area contributed by atoms with Gasteiger partial charge >= 0.3 is 6.03 Å². The van der Waals surface area contributed by atoms with Crippen LogP contribution in [0.1, 0.15) is 31.4 Å². The molecule has 134 valence electrons. The van der Waals surface area contributed by atoms with Gasteiger partial charge in [0.15, 0.2) is 0 Å². The summed E-state index contributed by atoms with van der Waals surface area (Å²) in [4.78, 5) is 39.3. The van der Waals surface area contributed by atoms with Gasteiger partial charge in [-0.15, -0.1) is 0 Å². The number of nitrogens with one attached hydrogen (secondary N) is 1. The third-order valence-corrected chi connectivity index (χ3v) is 4.95. The van der Waals surface area contributed by atoms with E-state index in [1.54, 1.807) is 13.8 Å². The summed E-state index contributed by atoms with van der Waals surface area (Å²) in [7, 11) is 0. The average molecular weight is 344 g/mol. The number of rotatable bonds is 5. The summed E-state index contributed by atoms with van der Waals surface area (Å²) in [6, 6.07) is 7.32. The maximum atomic E-state index is 12.2. The minimum atomic E-state index is -0.850. The standard InChI is InChI=1S/C18H24N4O3/c1-18(2)16(24)22(17(25)20-18)9-5-8-21-11-13-7-4-3-6-12(13)10-14(21)15(19)23/h3-4,6-7,14H,5,8-11H2,1-2H3,(H2,19,23)(H,20,25)/t14-/m0/s1. The Morgan fingerprint density at radius 1 is 1.24 bits per heavy atom. The first-order valence-electron chi connectivity index (χ1n) is 8.54. The number of carbonyl (C=O) groups is 3. The minimum absolute atomic E-state index is 0.215. The summed E-state index contributed by atoms with van der Waals surface area (Å²) in [5, 5.41) is 2.67. The number of imide groups is 1. The van der Waals surface area contributed by atoms with Crippen molar-refractivity contribution in [3.63, 3.8) is 0 Å². The second kappa shape index (κ2) is 6.48. The fraction of sp³-hybridized carbons (Fsp3) is 0.500. The smallest absolute Gasteiger partial charge is 0.325 e. The summed E-state index contributed by atoms with van der Waals surface area (Å²) in [6.45, 7) is 4.96. The van der Waals surface area contributed by atoms with E-state index >= 15 is 0 Å². The lowest BCUT2D eigenvalue weighted by Gasteiger charge is -2.35. The molecule has 4 amide bonds. The van der Waals surface area contributed by atoms with E-state index in [1.807, 2.05) is 23.1 Å². The molecular formula is C18H24N4O3. The van der Waals surface area contributed by atoms with Crippen molar-refractivity contribution < 1.29 is 14.4 Å². The van der Waals surface area contributed by atoms with Crippen LogP contribution in [0.5, 0.6) is 0 Å². The molecule has 1 aromatic carbocycles. The lowest BCUT2D eigenvalue weighted by molar-refractivity contribution is -0.130. The van der Waals surface area contributed by atoms with Crippen molar-refractivity contribution in [1.29, 1.82) is 0 Å². The van der Waals surface area contributed by atoms with E-state index in [0.717, 1.165) is 5.56 Å². The van der Waals surface area contributed by atoms with Crippen LogP contribution in [0.25, 0.3) is 0 Å². The fourth-order valence-electron chi connectivity index (χ4n) is 3.55. The number of primary amides is 1. The van der Waals surface area contributed by atoms with E-state index in [9.17, 15) is 14.4 Å². The predicted molar refractivity (Wildman–Crippen MR) is 92.5 cm³/mol. The van der Waals surface area contributed by atoms with Crippen LogP contribution >= 0.6 is 0 Å². The number of nitrogens with zero attached hydrogens (tertiary/aromatic N) is 2. The summed E-state index contributed by atoms with van der Waals surface area (Å²) < 4.78 is 0. The molecule has 2 aliphatic rings. The zero-order valence-corrected chi connectivity index (χ0v) is 14.6. The molecule has 7 nitrogen and oxygen atoms in total. The Balaban J connectivity index is 1.63. The van der Waals surface area contributed by atoms with Crippen molar-refractivity contribution in [2.75, 3.05) is 13.1 Å². The van der Waals surface area contributed by atoms with Gasteiger partial charge in [-0.2, -0.15) is 0 Å². The number of carbonyl (C=O) groups excluding carboxylic acids is 3. The van der Waals surface area contributed by atoms with Gasteiger partial charge in [0.2, 0.25) is 5.91 Å². The molecule has 1 atom stereocenters. The Labute approximate surface area is 147 Å². The highest BCUT2D eigenvalue weighted by molar-refractivity contribution is 6.06. The zero-order chi connectivity index (χ0) is 18.2. The van der Waals surface area contributed by atoms with Gasteiger partial charge in [0.1, 0.15) is 5.54 Å². The highest BCUT2D eigenvalue weighted by atomic mass is 16.2. The summed E-state index contributed by atoms with van der Waals surface area (Å²) >= 11 is 0. The second-order valence-corrected chi connectivity index (χ2v) is 7.23. The van der Waals surface area contributed by atoms with E-state index in [0.29, 0.717) is 32.5 Å². The molecule has 0 aromatic heterocycles. The van der Waals surface area contributed by atoms with Gasteiger partial charge in [-0.25, -0.2) is 4.79 Å². The van der Waals surface area contributed by atoms with Crippen molar-refractivity contribution in [2.45, 2.75) is 44.8 Å². The number of hydrogen-bond donors (Lipinski definition) is 2. The maximum absolute atomic E-state index is 12.2. The van der Waals surface area contributed by atoms with E-state index in [-0.39, 0.29) is 23.9 Å². The molecule has 0 spiro atoms. The monoisotopic (exact) mass is 344 g/mol. The van der Waals surface area contributed by atoms with Crippen LogP contribution in [0.3, 0.4) is 0 Å². The molecule has 0 bridgehead atoms. The molecule has 3 rings (SSSR count). The van der Waals surface area contributed by atoms with Gasteiger partial charge in [0.25, 0.3) is 5.91 Å². The molecule has 2 aliphatic heterocycles. The lowest BCUT2D eigenvalue weighted by atomic mass is 9.93. The lowest BCUT2D eigenvalue weighted by Crippen LogP contribution is -2.49. The molecule has 0 unspecified atom stereocenters. The molecule has 1 fully saturated rings. The quantitative estimate of drug-likeness (QED) is 0.766. The first-order chi connectivity index (χ1) is 11.8. The minimum Gasteiger partial charge on any atom is -0.368 e. The first kappa shape index (κ1) is 17.4. The number of amides is 4. The first-order valence-corrected chi connectivity index (χ1v) is 8.54.